The van der Waals surface area contributed by atoms with Gasteiger partial charge >= 0.3 is 0 Å². The SMILES string of the molecule is CC(C)[C@H](NS(=O)(=O)c1cccs1)C(=O)N1CCN(c2ccccc2O)CC1. The average Bonchev–Trinajstić information content (AvgIpc) is 3.22. The molecule has 0 radical (unpaired) electrons. The maximum Gasteiger partial charge on any atom is 0.250 e. The van der Waals surface area contributed by atoms with Crippen molar-refractivity contribution in [2.24, 2.45) is 5.92 Å². The van der Waals surface area contributed by atoms with Gasteiger partial charge in [-0.1, -0.05) is 32.0 Å². The zero-order valence-electron chi connectivity index (χ0n) is 15.9. The number of anilines is 1. The summed E-state index contributed by atoms with van der Waals surface area (Å²) in [6.07, 6.45) is 0. The highest BCUT2D eigenvalue weighted by atomic mass is 32.2. The van der Waals surface area contributed by atoms with Gasteiger partial charge in [-0.25, -0.2) is 8.42 Å². The fourth-order valence-corrected chi connectivity index (χ4v) is 5.56. The van der Waals surface area contributed by atoms with Crippen molar-refractivity contribution in [3.05, 3.63) is 41.8 Å². The minimum atomic E-state index is -3.73. The molecule has 1 aromatic carbocycles. The summed E-state index contributed by atoms with van der Waals surface area (Å²) in [6, 6.07) is 9.50. The number of sulfonamides is 1. The quantitative estimate of drug-likeness (QED) is 0.743. The van der Waals surface area contributed by atoms with Crippen molar-refractivity contribution in [1.82, 2.24) is 9.62 Å². The van der Waals surface area contributed by atoms with Crippen molar-refractivity contribution in [3.63, 3.8) is 0 Å². The van der Waals surface area contributed by atoms with E-state index in [0.29, 0.717) is 26.2 Å². The van der Waals surface area contributed by atoms with Crippen molar-refractivity contribution < 1.29 is 18.3 Å². The van der Waals surface area contributed by atoms with Crippen LogP contribution in [0, 0.1) is 5.92 Å². The number of carbonyl (C=O) groups is 1. The summed E-state index contributed by atoms with van der Waals surface area (Å²) in [5.41, 5.74) is 0.744. The molecular weight excluding hydrogens is 398 g/mol. The van der Waals surface area contributed by atoms with E-state index in [2.05, 4.69) is 4.72 Å². The minimum Gasteiger partial charge on any atom is -0.506 e. The number of nitrogens with one attached hydrogen (secondary N) is 1. The first kappa shape index (κ1) is 20.6. The molecule has 0 unspecified atom stereocenters. The molecular formula is C19H25N3O4S2. The van der Waals surface area contributed by atoms with Gasteiger partial charge in [0, 0.05) is 26.2 Å². The Hall–Kier alpha value is -2.10. The lowest BCUT2D eigenvalue weighted by Gasteiger charge is -2.38. The maximum atomic E-state index is 13.0. The molecule has 152 valence electrons. The van der Waals surface area contributed by atoms with Crippen molar-refractivity contribution in [2.45, 2.75) is 24.1 Å². The van der Waals surface area contributed by atoms with Crippen molar-refractivity contribution >= 4 is 33.0 Å². The standard InChI is InChI=1S/C19H25N3O4S2/c1-14(2)18(20-28(25,26)17-8-5-13-27-17)19(24)22-11-9-21(10-12-22)15-6-3-4-7-16(15)23/h3-8,13-14,18,20,23H,9-12H2,1-2H3/t18-/m0/s1. The number of benzene rings is 1. The Balaban J connectivity index is 1.67. The lowest BCUT2D eigenvalue weighted by Crippen LogP contribution is -2.56. The molecule has 1 atom stereocenters. The number of piperazine rings is 1. The lowest BCUT2D eigenvalue weighted by atomic mass is 10.0. The number of nitrogens with zero attached hydrogens (tertiary/aromatic N) is 2. The maximum absolute atomic E-state index is 13.0. The highest BCUT2D eigenvalue weighted by molar-refractivity contribution is 7.91. The zero-order valence-corrected chi connectivity index (χ0v) is 17.5. The number of phenolic OH excluding ortho intramolecular Hbond substituents is 1. The van der Waals surface area contributed by atoms with Gasteiger partial charge in [-0.05, 0) is 29.5 Å². The molecule has 1 fully saturated rings. The molecule has 1 aromatic heterocycles. The summed E-state index contributed by atoms with van der Waals surface area (Å²) < 4.78 is 27.9. The summed E-state index contributed by atoms with van der Waals surface area (Å²) in [7, 11) is -3.73. The molecule has 2 aromatic rings. The molecule has 9 heteroatoms. The second-order valence-electron chi connectivity index (χ2n) is 7.08. The summed E-state index contributed by atoms with van der Waals surface area (Å²) >= 11 is 1.12. The van der Waals surface area contributed by atoms with E-state index in [4.69, 9.17) is 0 Å². The van der Waals surface area contributed by atoms with E-state index in [0.717, 1.165) is 17.0 Å². The topological polar surface area (TPSA) is 90.0 Å². The number of hydrogen-bond donors (Lipinski definition) is 2. The Labute approximate surface area is 169 Å². The highest BCUT2D eigenvalue weighted by Gasteiger charge is 2.33. The van der Waals surface area contributed by atoms with Gasteiger partial charge in [-0.2, -0.15) is 4.72 Å². The van der Waals surface area contributed by atoms with Crippen LogP contribution in [-0.4, -0.2) is 56.6 Å². The number of amides is 1. The number of thiophene rings is 1. The van der Waals surface area contributed by atoms with Crippen LogP contribution in [0.5, 0.6) is 5.75 Å². The number of carbonyl (C=O) groups excluding carboxylic acids is 1. The largest absolute Gasteiger partial charge is 0.506 e. The lowest BCUT2D eigenvalue weighted by molar-refractivity contribution is -0.134. The smallest absolute Gasteiger partial charge is 0.250 e. The normalized spacial score (nSPS) is 16.4. The van der Waals surface area contributed by atoms with Crippen molar-refractivity contribution in [3.8, 4) is 5.75 Å². The van der Waals surface area contributed by atoms with Gasteiger partial charge in [0.1, 0.15) is 16.0 Å². The fraction of sp³-hybridized carbons (Fsp3) is 0.421. The summed E-state index contributed by atoms with van der Waals surface area (Å²) in [5.74, 6) is -0.184. The first-order valence-corrected chi connectivity index (χ1v) is 11.5. The Morgan fingerprint density at radius 3 is 2.36 bits per heavy atom. The number of para-hydroxylation sites is 2. The van der Waals surface area contributed by atoms with E-state index >= 15 is 0 Å². The van der Waals surface area contributed by atoms with Crippen LogP contribution in [0.2, 0.25) is 0 Å². The van der Waals surface area contributed by atoms with Crippen LogP contribution in [0.25, 0.3) is 0 Å². The highest BCUT2D eigenvalue weighted by Crippen LogP contribution is 2.27. The molecule has 28 heavy (non-hydrogen) atoms. The molecule has 3 rings (SSSR count). The number of rotatable bonds is 6. The van der Waals surface area contributed by atoms with E-state index in [1.54, 1.807) is 28.5 Å². The van der Waals surface area contributed by atoms with E-state index in [1.807, 2.05) is 30.9 Å². The number of phenols is 1. The molecule has 0 bridgehead atoms. The van der Waals surface area contributed by atoms with E-state index in [-0.39, 0.29) is 21.8 Å². The van der Waals surface area contributed by atoms with E-state index in [9.17, 15) is 18.3 Å². The summed E-state index contributed by atoms with van der Waals surface area (Å²) in [5, 5.41) is 11.7. The van der Waals surface area contributed by atoms with Crippen molar-refractivity contribution in [2.75, 3.05) is 31.1 Å². The summed E-state index contributed by atoms with van der Waals surface area (Å²) in [6.45, 7) is 5.75. The van der Waals surface area contributed by atoms with Gasteiger partial charge in [-0.15, -0.1) is 11.3 Å². The molecule has 2 N–H and O–H groups in total. The van der Waals surface area contributed by atoms with Crippen LogP contribution < -0.4 is 9.62 Å². The third-order valence-corrected chi connectivity index (χ3v) is 7.63. The second-order valence-corrected chi connectivity index (χ2v) is 9.96. The molecule has 0 spiro atoms. The van der Waals surface area contributed by atoms with Crippen LogP contribution in [0.1, 0.15) is 13.8 Å². The van der Waals surface area contributed by atoms with Gasteiger partial charge in [0.2, 0.25) is 5.91 Å². The van der Waals surface area contributed by atoms with Crippen LogP contribution in [-0.2, 0) is 14.8 Å². The number of hydrogen-bond acceptors (Lipinski definition) is 6. The summed E-state index contributed by atoms with van der Waals surface area (Å²) in [4.78, 5) is 16.8. The third-order valence-electron chi connectivity index (χ3n) is 4.79. The first-order chi connectivity index (χ1) is 13.3. The van der Waals surface area contributed by atoms with Crippen LogP contribution in [0.4, 0.5) is 5.69 Å². The van der Waals surface area contributed by atoms with Crippen LogP contribution in [0.3, 0.4) is 0 Å². The molecule has 0 saturated carbocycles. The Morgan fingerprint density at radius 2 is 1.79 bits per heavy atom. The second kappa shape index (κ2) is 8.50. The fourth-order valence-electron chi connectivity index (χ4n) is 3.21. The predicted molar refractivity (Wildman–Crippen MR) is 110 cm³/mol. The minimum absolute atomic E-state index is 0.182. The molecule has 0 aliphatic carbocycles. The molecule has 2 heterocycles. The van der Waals surface area contributed by atoms with Gasteiger partial charge in [0.15, 0.2) is 0 Å². The third kappa shape index (κ3) is 4.48. The molecule has 1 aliphatic rings. The Bertz CT molecular complexity index is 905. The monoisotopic (exact) mass is 423 g/mol. The van der Waals surface area contributed by atoms with Crippen LogP contribution in [0.15, 0.2) is 46.0 Å². The average molecular weight is 424 g/mol. The van der Waals surface area contributed by atoms with Gasteiger partial charge in [0.25, 0.3) is 10.0 Å². The van der Waals surface area contributed by atoms with Crippen LogP contribution >= 0.6 is 11.3 Å². The molecule has 1 amide bonds. The van der Waals surface area contributed by atoms with Gasteiger partial charge in [0.05, 0.1) is 5.69 Å². The van der Waals surface area contributed by atoms with Gasteiger partial charge in [-0.3, -0.25) is 4.79 Å². The molecule has 1 saturated heterocycles. The first-order valence-electron chi connectivity index (χ1n) is 9.17. The number of aromatic hydroxyl groups is 1. The molecule has 1 aliphatic heterocycles. The predicted octanol–water partition coefficient (Wildman–Crippen LogP) is 2.11. The van der Waals surface area contributed by atoms with Gasteiger partial charge < -0.3 is 14.9 Å². The molecule has 7 nitrogen and oxygen atoms in total. The Kier molecular flexibility index (Phi) is 6.26. The zero-order chi connectivity index (χ0) is 20.3. The Morgan fingerprint density at radius 1 is 1.11 bits per heavy atom. The van der Waals surface area contributed by atoms with Crippen molar-refractivity contribution in [1.29, 1.82) is 0 Å². The van der Waals surface area contributed by atoms with E-state index in [1.165, 1.54) is 6.07 Å². The van der Waals surface area contributed by atoms with E-state index < -0.39 is 16.1 Å².